The lowest BCUT2D eigenvalue weighted by Gasteiger charge is -2.14. The van der Waals surface area contributed by atoms with Crippen molar-refractivity contribution in [2.75, 3.05) is 0 Å². The van der Waals surface area contributed by atoms with Crippen LogP contribution in [0.15, 0.2) is 36.5 Å². The third-order valence-electron chi connectivity index (χ3n) is 3.25. The van der Waals surface area contributed by atoms with Gasteiger partial charge in [0.2, 0.25) is 0 Å². The molecule has 1 unspecified atom stereocenters. The third kappa shape index (κ3) is 2.91. The van der Waals surface area contributed by atoms with Crippen LogP contribution < -0.4 is 0 Å². The summed E-state index contributed by atoms with van der Waals surface area (Å²) in [5.41, 5.74) is 6.01. The van der Waals surface area contributed by atoms with Crippen LogP contribution >= 0.6 is 11.6 Å². The Labute approximate surface area is 114 Å². The Hall–Kier alpha value is -1.34. The molecule has 0 saturated heterocycles. The molecule has 0 fully saturated rings. The fourth-order valence-electron chi connectivity index (χ4n) is 2.19. The number of benzene rings is 1. The van der Waals surface area contributed by atoms with Crippen molar-refractivity contribution in [1.29, 1.82) is 0 Å². The van der Waals surface area contributed by atoms with Gasteiger partial charge in [0, 0.05) is 18.3 Å². The number of aromatic nitrogens is 1. The lowest BCUT2D eigenvalue weighted by molar-refractivity contribution is 0.862. The van der Waals surface area contributed by atoms with E-state index in [0.717, 1.165) is 12.1 Å². The number of alkyl halides is 1. The molecule has 0 aliphatic heterocycles. The van der Waals surface area contributed by atoms with Crippen molar-refractivity contribution in [2.24, 2.45) is 0 Å². The van der Waals surface area contributed by atoms with Crippen molar-refractivity contribution >= 4 is 11.6 Å². The van der Waals surface area contributed by atoms with Gasteiger partial charge in [-0.05, 0) is 43.5 Å². The van der Waals surface area contributed by atoms with E-state index in [1.165, 1.54) is 22.3 Å². The van der Waals surface area contributed by atoms with E-state index in [9.17, 15) is 0 Å². The third-order valence-corrected chi connectivity index (χ3v) is 3.64. The molecule has 1 aromatic heterocycles. The van der Waals surface area contributed by atoms with Crippen molar-refractivity contribution in [2.45, 2.75) is 32.6 Å². The van der Waals surface area contributed by atoms with Gasteiger partial charge in [-0.25, -0.2) is 0 Å². The van der Waals surface area contributed by atoms with Crippen molar-refractivity contribution in [3.05, 3.63) is 64.5 Å². The van der Waals surface area contributed by atoms with Crippen LogP contribution in [0.5, 0.6) is 0 Å². The molecule has 0 spiro atoms. The molecule has 0 amide bonds. The van der Waals surface area contributed by atoms with E-state index in [2.05, 4.69) is 50.0 Å². The standard InChI is InChI=1S/C16H18ClN/c1-11-6-7-14(13(3)9-11)15(17)10-16-12(2)5-4-8-18-16/h4-9,15H,10H2,1-3H3. The first-order valence-electron chi connectivity index (χ1n) is 6.19. The molecular weight excluding hydrogens is 242 g/mol. The van der Waals surface area contributed by atoms with E-state index < -0.39 is 0 Å². The van der Waals surface area contributed by atoms with E-state index >= 15 is 0 Å². The summed E-state index contributed by atoms with van der Waals surface area (Å²) in [4.78, 5) is 4.41. The lowest BCUT2D eigenvalue weighted by Crippen LogP contribution is -2.02. The minimum Gasteiger partial charge on any atom is -0.261 e. The van der Waals surface area contributed by atoms with Crippen LogP contribution in [-0.4, -0.2) is 4.98 Å². The first-order valence-corrected chi connectivity index (χ1v) is 6.63. The Bertz CT molecular complexity index is 549. The second kappa shape index (κ2) is 5.53. The molecular formula is C16H18ClN. The maximum atomic E-state index is 6.53. The Morgan fingerprint density at radius 2 is 1.89 bits per heavy atom. The second-order valence-corrected chi connectivity index (χ2v) is 5.33. The first-order chi connectivity index (χ1) is 8.58. The predicted octanol–water partition coefficient (Wildman–Crippen LogP) is 4.53. The fraction of sp³-hybridized carbons (Fsp3) is 0.312. The molecule has 1 nitrogen and oxygen atoms in total. The van der Waals surface area contributed by atoms with Gasteiger partial charge in [0.1, 0.15) is 0 Å². The summed E-state index contributed by atoms with van der Waals surface area (Å²) < 4.78 is 0. The average Bonchev–Trinajstić information content (AvgIpc) is 2.32. The lowest BCUT2D eigenvalue weighted by atomic mass is 9.99. The van der Waals surface area contributed by atoms with Gasteiger partial charge < -0.3 is 0 Å². The van der Waals surface area contributed by atoms with Crippen LogP contribution in [0.2, 0.25) is 0 Å². The Morgan fingerprint density at radius 1 is 1.11 bits per heavy atom. The van der Waals surface area contributed by atoms with E-state index in [0.29, 0.717) is 0 Å². The number of aryl methyl sites for hydroxylation is 3. The van der Waals surface area contributed by atoms with Gasteiger partial charge in [-0.2, -0.15) is 0 Å². The van der Waals surface area contributed by atoms with Gasteiger partial charge in [-0.3, -0.25) is 4.98 Å². The Balaban J connectivity index is 2.22. The maximum Gasteiger partial charge on any atom is 0.0643 e. The van der Waals surface area contributed by atoms with E-state index in [1.807, 2.05) is 12.3 Å². The summed E-state index contributed by atoms with van der Waals surface area (Å²) in [6, 6.07) is 10.5. The molecule has 0 aliphatic carbocycles. The number of pyridine rings is 1. The molecule has 2 heteroatoms. The molecule has 0 radical (unpaired) electrons. The zero-order valence-electron chi connectivity index (χ0n) is 11.1. The molecule has 0 bridgehead atoms. The molecule has 1 aromatic carbocycles. The van der Waals surface area contributed by atoms with E-state index in [1.54, 1.807) is 0 Å². The minimum atomic E-state index is -0.0146. The summed E-state index contributed by atoms with van der Waals surface area (Å²) >= 11 is 6.53. The highest BCUT2D eigenvalue weighted by molar-refractivity contribution is 6.21. The number of hydrogen-bond acceptors (Lipinski definition) is 1. The van der Waals surface area contributed by atoms with Gasteiger partial charge in [-0.15, -0.1) is 11.6 Å². The summed E-state index contributed by atoms with van der Waals surface area (Å²) in [7, 11) is 0. The van der Waals surface area contributed by atoms with Gasteiger partial charge in [0.25, 0.3) is 0 Å². The molecule has 2 aromatic rings. The van der Waals surface area contributed by atoms with Crippen molar-refractivity contribution in [1.82, 2.24) is 4.98 Å². The normalized spacial score (nSPS) is 12.4. The smallest absolute Gasteiger partial charge is 0.0643 e. The summed E-state index contributed by atoms with van der Waals surface area (Å²) in [5.74, 6) is 0. The quantitative estimate of drug-likeness (QED) is 0.738. The Kier molecular flexibility index (Phi) is 4.03. The highest BCUT2D eigenvalue weighted by atomic mass is 35.5. The van der Waals surface area contributed by atoms with E-state index in [-0.39, 0.29) is 5.38 Å². The van der Waals surface area contributed by atoms with Crippen molar-refractivity contribution in [3.63, 3.8) is 0 Å². The highest BCUT2D eigenvalue weighted by Crippen LogP contribution is 2.28. The van der Waals surface area contributed by atoms with Gasteiger partial charge >= 0.3 is 0 Å². The van der Waals surface area contributed by atoms with Crippen LogP contribution in [0.25, 0.3) is 0 Å². The summed E-state index contributed by atoms with van der Waals surface area (Å²) in [6.07, 6.45) is 2.60. The number of hydrogen-bond donors (Lipinski definition) is 0. The molecule has 1 heterocycles. The van der Waals surface area contributed by atoms with Gasteiger partial charge in [-0.1, -0.05) is 29.8 Å². The Morgan fingerprint density at radius 3 is 2.56 bits per heavy atom. The summed E-state index contributed by atoms with van der Waals surface area (Å²) in [6.45, 7) is 6.29. The molecule has 94 valence electrons. The molecule has 0 saturated carbocycles. The number of halogens is 1. The maximum absolute atomic E-state index is 6.53. The SMILES string of the molecule is Cc1ccc(C(Cl)Cc2ncccc2C)c(C)c1. The number of rotatable bonds is 3. The van der Waals surface area contributed by atoms with Crippen LogP contribution in [0, 0.1) is 20.8 Å². The molecule has 1 atom stereocenters. The molecule has 18 heavy (non-hydrogen) atoms. The zero-order chi connectivity index (χ0) is 13.1. The zero-order valence-corrected chi connectivity index (χ0v) is 11.8. The van der Waals surface area contributed by atoms with Crippen LogP contribution in [0.1, 0.15) is 33.3 Å². The first kappa shape index (κ1) is 13.1. The van der Waals surface area contributed by atoms with Gasteiger partial charge in [0.05, 0.1) is 5.38 Å². The molecule has 0 N–H and O–H groups in total. The van der Waals surface area contributed by atoms with Crippen LogP contribution in [-0.2, 0) is 6.42 Å². The topological polar surface area (TPSA) is 12.9 Å². The fourth-order valence-corrected chi connectivity index (χ4v) is 2.58. The average molecular weight is 260 g/mol. The van der Waals surface area contributed by atoms with Gasteiger partial charge in [0.15, 0.2) is 0 Å². The number of nitrogens with zero attached hydrogens (tertiary/aromatic N) is 1. The van der Waals surface area contributed by atoms with Crippen LogP contribution in [0.4, 0.5) is 0 Å². The monoisotopic (exact) mass is 259 g/mol. The highest BCUT2D eigenvalue weighted by Gasteiger charge is 2.13. The predicted molar refractivity (Wildman–Crippen MR) is 77.2 cm³/mol. The molecule has 0 aliphatic rings. The largest absolute Gasteiger partial charge is 0.261 e. The van der Waals surface area contributed by atoms with Crippen LogP contribution in [0.3, 0.4) is 0 Å². The van der Waals surface area contributed by atoms with E-state index in [4.69, 9.17) is 11.6 Å². The van der Waals surface area contributed by atoms with Crippen molar-refractivity contribution in [3.8, 4) is 0 Å². The van der Waals surface area contributed by atoms with Crippen molar-refractivity contribution < 1.29 is 0 Å². The second-order valence-electron chi connectivity index (χ2n) is 4.80. The summed E-state index contributed by atoms with van der Waals surface area (Å²) in [5, 5.41) is -0.0146. The minimum absolute atomic E-state index is 0.0146. The molecule has 2 rings (SSSR count).